The van der Waals surface area contributed by atoms with Crippen LogP contribution in [0.3, 0.4) is 0 Å². The summed E-state index contributed by atoms with van der Waals surface area (Å²) in [4.78, 5) is 2.39. The monoisotopic (exact) mass is 222 g/mol. The summed E-state index contributed by atoms with van der Waals surface area (Å²) in [6.45, 7) is 5.70. The molecule has 0 spiro atoms. The molecular weight excluding hydrogens is 204 g/mol. The van der Waals surface area contributed by atoms with Crippen LogP contribution in [0, 0.1) is 0 Å². The van der Waals surface area contributed by atoms with E-state index in [4.69, 9.17) is 9.84 Å². The number of nitrogens with zero attached hydrogens (tertiary/aromatic N) is 1. The molecule has 0 atom stereocenters. The van der Waals surface area contributed by atoms with Crippen LogP contribution in [0.1, 0.15) is 0 Å². The van der Waals surface area contributed by atoms with E-state index in [0.717, 1.165) is 45.1 Å². The Hall–Kier alpha value is -1.26. The Bertz CT molecular complexity index is 307. The van der Waals surface area contributed by atoms with Gasteiger partial charge < -0.3 is 15.2 Å². The summed E-state index contributed by atoms with van der Waals surface area (Å²) < 4.78 is 5.29. The van der Waals surface area contributed by atoms with Crippen molar-refractivity contribution in [1.29, 1.82) is 0 Å². The Morgan fingerprint density at radius 1 is 1.19 bits per heavy atom. The molecule has 1 heterocycles. The molecule has 4 heteroatoms. The average molecular weight is 222 g/mol. The second kappa shape index (κ2) is 5.72. The topological polar surface area (TPSA) is 44.7 Å². The summed E-state index contributed by atoms with van der Waals surface area (Å²) in [7, 11) is 0. The van der Waals surface area contributed by atoms with Gasteiger partial charge in [0.15, 0.2) is 0 Å². The zero-order valence-electron chi connectivity index (χ0n) is 9.35. The van der Waals surface area contributed by atoms with Gasteiger partial charge in [0.1, 0.15) is 5.75 Å². The predicted octanol–water partition coefficient (Wildman–Crippen LogP) is 1.14. The van der Waals surface area contributed by atoms with Crippen molar-refractivity contribution in [2.24, 2.45) is 0 Å². The molecule has 0 aliphatic carbocycles. The number of hydrogen-bond acceptors (Lipinski definition) is 4. The van der Waals surface area contributed by atoms with Gasteiger partial charge in [0.05, 0.1) is 13.2 Å². The number of benzene rings is 1. The molecule has 2 rings (SSSR count). The maximum absolute atomic E-state index is 9.14. The first kappa shape index (κ1) is 11.2. The van der Waals surface area contributed by atoms with E-state index in [1.165, 1.54) is 0 Å². The first-order valence-electron chi connectivity index (χ1n) is 5.67. The van der Waals surface area contributed by atoms with Crippen LogP contribution in [0.2, 0.25) is 0 Å². The van der Waals surface area contributed by atoms with E-state index in [1.807, 2.05) is 12.1 Å². The number of ether oxygens (including phenoxy) is 1. The summed E-state index contributed by atoms with van der Waals surface area (Å²) in [6, 6.07) is 7.15. The molecule has 0 radical (unpaired) electrons. The molecule has 0 amide bonds. The van der Waals surface area contributed by atoms with Gasteiger partial charge in [0, 0.05) is 31.9 Å². The van der Waals surface area contributed by atoms with Gasteiger partial charge in [-0.3, -0.25) is 4.90 Å². The highest BCUT2D eigenvalue weighted by Gasteiger charge is 2.08. The second-order valence-corrected chi connectivity index (χ2v) is 3.93. The van der Waals surface area contributed by atoms with Crippen molar-refractivity contribution < 1.29 is 9.84 Å². The van der Waals surface area contributed by atoms with Gasteiger partial charge in [-0.15, -0.1) is 0 Å². The van der Waals surface area contributed by atoms with E-state index in [0.29, 0.717) is 5.75 Å². The van der Waals surface area contributed by atoms with Gasteiger partial charge in [-0.1, -0.05) is 0 Å². The minimum absolute atomic E-state index is 0.304. The number of anilines is 1. The Kier molecular flexibility index (Phi) is 4.02. The van der Waals surface area contributed by atoms with Crippen molar-refractivity contribution in [1.82, 2.24) is 4.90 Å². The van der Waals surface area contributed by atoms with Crippen LogP contribution in [-0.2, 0) is 4.74 Å². The lowest BCUT2D eigenvalue weighted by molar-refractivity contribution is 0.0398. The average Bonchev–Trinajstić information content (AvgIpc) is 2.33. The normalized spacial score (nSPS) is 17.2. The molecule has 0 saturated carbocycles. The van der Waals surface area contributed by atoms with E-state index < -0.39 is 0 Å². The highest BCUT2D eigenvalue weighted by atomic mass is 16.5. The second-order valence-electron chi connectivity index (χ2n) is 3.93. The van der Waals surface area contributed by atoms with E-state index in [-0.39, 0.29) is 0 Å². The van der Waals surface area contributed by atoms with Crippen LogP contribution in [-0.4, -0.2) is 49.4 Å². The van der Waals surface area contributed by atoms with Crippen LogP contribution in [0.25, 0.3) is 0 Å². The van der Waals surface area contributed by atoms with E-state index in [1.54, 1.807) is 12.1 Å². The third-order valence-electron chi connectivity index (χ3n) is 2.73. The number of hydrogen-bond donors (Lipinski definition) is 2. The van der Waals surface area contributed by atoms with Gasteiger partial charge in [-0.25, -0.2) is 0 Å². The third kappa shape index (κ3) is 3.40. The van der Waals surface area contributed by atoms with Crippen LogP contribution in [0.15, 0.2) is 24.3 Å². The van der Waals surface area contributed by atoms with Crippen molar-refractivity contribution in [3.05, 3.63) is 24.3 Å². The highest BCUT2D eigenvalue weighted by Crippen LogP contribution is 2.13. The van der Waals surface area contributed by atoms with Crippen molar-refractivity contribution in [3.63, 3.8) is 0 Å². The molecular formula is C12H18N2O2. The molecule has 16 heavy (non-hydrogen) atoms. The van der Waals surface area contributed by atoms with Crippen molar-refractivity contribution in [2.45, 2.75) is 0 Å². The Morgan fingerprint density at radius 2 is 1.88 bits per heavy atom. The number of phenolic OH excluding ortho intramolecular Hbond substituents is 1. The lowest BCUT2D eigenvalue weighted by atomic mass is 10.3. The Morgan fingerprint density at radius 3 is 2.56 bits per heavy atom. The number of phenols is 1. The molecule has 2 N–H and O–H groups in total. The maximum Gasteiger partial charge on any atom is 0.115 e. The van der Waals surface area contributed by atoms with Gasteiger partial charge in [0.2, 0.25) is 0 Å². The van der Waals surface area contributed by atoms with Crippen LogP contribution < -0.4 is 5.32 Å². The molecule has 0 aromatic heterocycles. The molecule has 88 valence electrons. The van der Waals surface area contributed by atoms with Crippen molar-refractivity contribution >= 4 is 5.69 Å². The molecule has 1 saturated heterocycles. The van der Waals surface area contributed by atoms with Crippen molar-refractivity contribution in [2.75, 3.05) is 44.7 Å². The van der Waals surface area contributed by atoms with E-state index in [2.05, 4.69) is 10.2 Å². The summed E-state index contributed by atoms with van der Waals surface area (Å²) in [6.07, 6.45) is 0. The fourth-order valence-corrected chi connectivity index (χ4v) is 1.76. The molecule has 1 aliphatic heterocycles. The number of morpholine rings is 1. The highest BCUT2D eigenvalue weighted by molar-refractivity contribution is 5.45. The fourth-order valence-electron chi connectivity index (χ4n) is 1.76. The van der Waals surface area contributed by atoms with E-state index in [9.17, 15) is 0 Å². The zero-order chi connectivity index (χ0) is 11.2. The standard InChI is InChI=1S/C12H18N2O2/c15-12-3-1-11(2-4-12)13-5-6-14-7-9-16-10-8-14/h1-4,13,15H,5-10H2. The minimum atomic E-state index is 0.304. The van der Waals surface area contributed by atoms with Crippen LogP contribution in [0.4, 0.5) is 5.69 Å². The van der Waals surface area contributed by atoms with Gasteiger partial charge in [0.25, 0.3) is 0 Å². The molecule has 0 unspecified atom stereocenters. The smallest absolute Gasteiger partial charge is 0.115 e. The molecule has 1 aromatic rings. The summed E-state index contributed by atoms with van der Waals surface area (Å²) in [5.74, 6) is 0.304. The summed E-state index contributed by atoms with van der Waals surface area (Å²) in [5.41, 5.74) is 1.05. The van der Waals surface area contributed by atoms with Crippen LogP contribution in [0.5, 0.6) is 5.75 Å². The zero-order valence-corrected chi connectivity index (χ0v) is 9.35. The number of rotatable bonds is 4. The van der Waals surface area contributed by atoms with E-state index >= 15 is 0 Å². The lowest BCUT2D eigenvalue weighted by Gasteiger charge is -2.26. The molecule has 1 aromatic carbocycles. The lowest BCUT2D eigenvalue weighted by Crippen LogP contribution is -2.38. The Labute approximate surface area is 95.8 Å². The van der Waals surface area contributed by atoms with Crippen molar-refractivity contribution in [3.8, 4) is 5.75 Å². The van der Waals surface area contributed by atoms with Crippen LogP contribution >= 0.6 is 0 Å². The van der Waals surface area contributed by atoms with Gasteiger partial charge in [-0.2, -0.15) is 0 Å². The summed E-state index contributed by atoms with van der Waals surface area (Å²) >= 11 is 0. The van der Waals surface area contributed by atoms with Gasteiger partial charge in [-0.05, 0) is 24.3 Å². The fraction of sp³-hybridized carbons (Fsp3) is 0.500. The summed E-state index contributed by atoms with van der Waals surface area (Å²) in [5, 5.41) is 12.5. The molecule has 0 bridgehead atoms. The maximum atomic E-state index is 9.14. The largest absolute Gasteiger partial charge is 0.508 e. The first-order valence-corrected chi connectivity index (χ1v) is 5.67. The third-order valence-corrected chi connectivity index (χ3v) is 2.73. The minimum Gasteiger partial charge on any atom is -0.508 e. The first-order chi connectivity index (χ1) is 7.84. The number of nitrogens with one attached hydrogen (secondary N) is 1. The molecule has 1 fully saturated rings. The van der Waals surface area contributed by atoms with Gasteiger partial charge >= 0.3 is 0 Å². The quantitative estimate of drug-likeness (QED) is 0.750. The molecule has 4 nitrogen and oxygen atoms in total. The number of aromatic hydroxyl groups is 1. The Balaban J connectivity index is 1.69. The predicted molar refractivity (Wildman–Crippen MR) is 63.9 cm³/mol. The SMILES string of the molecule is Oc1ccc(NCCN2CCOCC2)cc1. The molecule has 1 aliphatic rings.